The van der Waals surface area contributed by atoms with E-state index >= 15 is 0 Å². The summed E-state index contributed by atoms with van der Waals surface area (Å²) in [6.45, 7) is 1.46. The van der Waals surface area contributed by atoms with Crippen LogP contribution in [0.4, 0.5) is 0 Å². The Morgan fingerprint density at radius 2 is 2.09 bits per heavy atom. The predicted octanol–water partition coefficient (Wildman–Crippen LogP) is 2.71. The Labute approximate surface area is 140 Å². The Hall–Kier alpha value is -1.62. The van der Waals surface area contributed by atoms with Gasteiger partial charge in [0, 0.05) is 12.5 Å². The number of carbonyl (C=O) groups is 1. The fourth-order valence-electron chi connectivity index (χ4n) is 4.04. The summed E-state index contributed by atoms with van der Waals surface area (Å²) < 4.78 is 5.83. The number of hydrogen-bond donors (Lipinski definition) is 0. The molecular weight excluding hydrogens is 314 g/mol. The number of nitrogens with zero attached hydrogens (tertiary/aromatic N) is 3. The van der Waals surface area contributed by atoms with Gasteiger partial charge in [-0.2, -0.15) is 0 Å². The quantitative estimate of drug-likeness (QED) is 0.798. The van der Waals surface area contributed by atoms with Crippen molar-refractivity contribution in [3.63, 3.8) is 0 Å². The molecule has 0 aromatic carbocycles. The topological polar surface area (TPSA) is 55.3 Å². The number of halogens is 1. The number of piperidine rings is 1. The summed E-state index contributed by atoms with van der Waals surface area (Å²) in [6.07, 6.45) is 11.6. The summed E-state index contributed by atoms with van der Waals surface area (Å²) in [5.41, 5.74) is 0. The van der Waals surface area contributed by atoms with Crippen molar-refractivity contribution in [2.75, 3.05) is 13.1 Å². The van der Waals surface area contributed by atoms with Gasteiger partial charge in [0.1, 0.15) is 6.10 Å². The highest BCUT2D eigenvalue weighted by atomic mass is 35.5. The average Bonchev–Trinajstić information content (AvgIpc) is 3.20. The molecule has 6 heteroatoms. The van der Waals surface area contributed by atoms with Crippen LogP contribution in [0, 0.1) is 17.8 Å². The molecule has 5 nitrogen and oxygen atoms in total. The first-order valence-corrected chi connectivity index (χ1v) is 8.68. The van der Waals surface area contributed by atoms with Crippen LogP contribution >= 0.6 is 11.6 Å². The van der Waals surface area contributed by atoms with Crippen molar-refractivity contribution >= 4 is 17.5 Å². The zero-order valence-electron chi connectivity index (χ0n) is 12.9. The summed E-state index contributed by atoms with van der Waals surface area (Å²) in [6, 6.07) is 0.330. The third kappa shape index (κ3) is 3.07. The van der Waals surface area contributed by atoms with Crippen LogP contribution in [0.2, 0.25) is 5.02 Å². The second-order valence-corrected chi connectivity index (χ2v) is 7.17. The Morgan fingerprint density at radius 1 is 1.26 bits per heavy atom. The number of ether oxygens (including phenoxy) is 1. The number of aromatic nitrogens is 2. The zero-order chi connectivity index (χ0) is 15.8. The van der Waals surface area contributed by atoms with Gasteiger partial charge in [-0.05, 0) is 37.5 Å². The molecule has 2 bridgehead atoms. The van der Waals surface area contributed by atoms with Crippen molar-refractivity contribution in [3.8, 4) is 6.01 Å². The van der Waals surface area contributed by atoms with E-state index in [4.69, 9.17) is 16.3 Å². The average molecular weight is 334 g/mol. The molecule has 4 rings (SSSR count). The molecular formula is C17H20ClN3O2. The maximum Gasteiger partial charge on any atom is 0.316 e. The van der Waals surface area contributed by atoms with E-state index in [1.807, 2.05) is 4.90 Å². The third-order valence-corrected chi connectivity index (χ3v) is 5.35. The van der Waals surface area contributed by atoms with E-state index in [0.717, 1.165) is 32.2 Å². The molecule has 0 spiro atoms. The van der Waals surface area contributed by atoms with Crippen LogP contribution in [0.15, 0.2) is 24.5 Å². The molecule has 2 fully saturated rings. The lowest BCUT2D eigenvalue weighted by Crippen LogP contribution is -2.47. The Morgan fingerprint density at radius 3 is 2.78 bits per heavy atom. The fourth-order valence-corrected chi connectivity index (χ4v) is 4.14. The van der Waals surface area contributed by atoms with E-state index in [2.05, 4.69) is 22.1 Å². The lowest BCUT2D eigenvalue weighted by molar-refractivity contribution is -0.139. The van der Waals surface area contributed by atoms with E-state index in [0.29, 0.717) is 35.3 Å². The molecule has 1 aromatic heterocycles. The smallest absolute Gasteiger partial charge is 0.316 e. The van der Waals surface area contributed by atoms with E-state index in [1.165, 1.54) is 12.4 Å². The van der Waals surface area contributed by atoms with Crippen molar-refractivity contribution < 1.29 is 9.53 Å². The van der Waals surface area contributed by atoms with Gasteiger partial charge in [-0.25, -0.2) is 9.97 Å². The molecule has 2 aliphatic carbocycles. The van der Waals surface area contributed by atoms with E-state index in [9.17, 15) is 4.79 Å². The van der Waals surface area contributed by atoms with Gasteiger partial charge in [-0.1, -0.05) is 23.8 Å². The number of rotatable bonds is 3. The monoisotopic (exact) mass is 333 g/mol. The molecule has 3 aliphatic rings. The summed E-state index contributed by atoms with van der Waals surface area (Å²) in [5, 5.41) is 0.488. The fraction of sp³-hybridized carbons (Fsp3) is 0.588. The highest BCUT2D eigenvalue weighted by Crippen LogP contribution is 2.44. The molecule has 23 heavy (non-hydrogen) atoms. The second-order valence-electron chi connectivity index (χ2n) is 6.74. The van der Waals surface area contributed by atoms with Crippen LogP contribution in [0.3, 0.4) is 0 Å². The van der Waals surface area contributed by atoms with Crippen molar-refractivity contribution in [3.05, 3.63) is 29.6 Å². The number of allylic oxidation sites excluding steroid dienone is 2. The Bertz CT molecular complexity index is 619. The lowest BCUT2D eigenvalue weighted by Gasteiger charge is -2.35. The van der Waals surface area contributed by atoms with Crippen molar-refractivity contribution in [1.82, 2.24) is 14.9 Å². The first-order valence-electron chi connectivity index (χ1n) is 8.30. The van der Waals surface area contributed by atoms with Crippen molar-refractivity contribution in [2.45, 2.75) is 31.8 Å². The molecule has 1 aliphatic heterocycles. The van der Waals surface area contributed by atoms with E-state index in [-0.39, 0.29) is 12.0 Å². The molecule has 1 saturated carbocycles. The largest absolute Gasteiger partial charge is 0.458 e. The van der Waals surface area contributed by atoms with Crippen LogP contribution in [0.1, 0.15) is 25.7 Å². The van der Waals surface area contributed by atoms with Crippen LogP contribution in [-0.4, -0.2) is 40.0 Å². The molecule has 4 unspecified atom stereocenters. The Kier molecular flexibility index (Phi) is 3.97. The summed E-state index contributed by atoms with van der Waals surface area (Å²) in [7, 11) is 0. The molecule has 122 valence electrons. The standard InChI is InChI=1S/C17H20ClN3O2/c18-13-8-19-17(20-9-13)23-14-2-1-5-21(10-14)16(22)15-7-11-3-4-12(15)6-11/h3-4,8-9,11-12,14-15H,1-2,5-7,10H2. The van der Waals surface area contributed by atoms with Crippen LogP contribution in [0.25, 0.3) is 0 Å². The van der Waals surface area contributed by atoms with Crippen molar-refractivity contribution in [1.29, 1.82) is 0 Å². The van der Waals surface area contributed by atoms with Gasteiger partial charge >= 0.3 is 6.01 Å². The summed E-state index contributed by atoms with van der Waals surface area (Å²) in [4.78, 5) is 22.9. The van der Waals surface area contributed by atoms with Gasteiger partial charge in [0.25, 0.3) is 0 Å². The molecule has 1 amide bonds. The van der Waals surface area contributed by atoms with Crippen LogP contribution < -0.4 is 4.74 Å². The van der Waals surface area contributed by atoms with Gasteiger partial charge in [0.05, 0.1) is 24.0 Å². The van der Waals surface area contributed by atoms with Crippen molar-refractivity contribution in [2.24, 2.45) is 17.8 Å². The molecule has 1 aromatic rings. The van der Waals surface area contributed by atoms with E-state index in [1.54, 1.807) is 0 Å². The third-order valence-electron chi connectivity index (χ3n) is 5.15. The van der Waals surface area contributed by atoms with Gasteiger partial charge in [-0.3, -0.25) is 4.79 Å². The first-order chi connectivity index (χ1) is 11.2. The van der Waals surface area contributed by atoms with Crippen LogP contribution in [-0.2, 0) is 4.79 Å². The summed E-state index contributed by atoms with van der Waals surface area (Å²) >= 11 is 5.78. The second kappa shape index (κ2) is 6.11. The minimum atomic E-state index is -0.0389. The first kappa shape index (κ1) is 14.9. The normalized spacial score (nSPS) is 32.3. The van der Waals surface area contributed by atoms with Gasteiger partial charge < -0.3 is 9.64 Å². The van der Waals surface area contributed by atoms with E-state index < -0.39 is 0 Å². The summed E-state index contributed by atoms with van der Waals surface area (Å²) in [5.74, 6) is 1.55. The minimum absolute atomic E-state index is 0.0389. The van der Waals surface area contributed by atoms with Crippen LogP contribution in [0.5, 0.6) is 6.01 Å². The number of likely N-dealkylation sites (tertiary alicyclic amines) is 1. The van der Waals surface area contributed by atoms with Gasteiger partial charge in [-0.15, -0.1) is 0 Å². The predicted molar refractivity (Wildman–Crippen MR) is 86.1 cm³/mol. The maximum absolute atomic E-state index is 12.8. The number of hydrogen-bond acceptors (Lipinski definition) is 4. The SMILES string of the molecule is O=C(C1CC2C=CC1C2)N1CCCC(Oc2ncc(Cl)cn2)C1. The molecule has 0 radical (unpaired) electrons. The minimum Gasteiger partial charge on any atom is -0.458 e. The Balaban J connectivity index is 1.38. The van der Waals surface area contributed by atoms with Gasteiger partial charge in [0.2, 0.25) is 5.91 Å². The number of amides is 1. The lowest BCUT2D eigenvalue weighted by atomic mass is 9.91. The zero-order valence-corrected chi connectivity index (χ0v) is 13.7. The molecule has 0 N–H and O–H groups in total. The molecule has 2 heterocycles. The van der Waals surface area contributed by atoms with Gasteiger partial charge in [0.15, 0.2) is 0 Å². The highest BCUT2D eigenvalue weighted by molar-refractivity contribution is 6.30. The molecule has 4 atom stereocenters. The molecule has 1 saturated heterocycles. The number of carbonyl (C=O) groups excluding carboxylic acids is 1. The maximum atomic E-state index is 12.8. The highest BCUT2D eigenvalue weighted by Gasteiger charge is 2.42. The number of fused-ring (bicyclic) bond motifs is 2.